The van der Waals surface area contributed by atoms with Crippen molar-refractivity contribution < 1.29 is 4.74 Å². The third-order valence-electron chi connectivity index (χ3n) is 3.03. The minimum Gasteiger partial charge on any atom is -0.378 e. The average molecular weight is 225 g/mol. The fourth-order valence-corrected chi connectivity index (χ4v) is 2.86. The summed E-state index contributed by atoms with van der Waals surface area (Å²) in [5, 5.41) is 8.07. The van der Waals surface area contributed by atoms with Gasteiger partial charge in [0, 0.05) is 19.2 Å². The molecule has 1 N–H and O–H groups in total. The molecule has 2 atom stereocenters. The molecule has 0 amide bonds. The van der Waals surface area contributed by atoms with Gasteiger partial charge in [-0.25, -0.2) is 0 Å². The first-order valence-electron chi connectivity index (χ1n) is 5.62. The van der Waals surface area contributed by atoms with Crippen molar-refractivity contribution in [2.75, 3.05) is 6.61 Å². The van der Waals surface area contributed by atoms with Crippen LogP contribution in [0.15, 0.2) is 10.8 Å². The van der Waals surface area contributed by atoms with E-state index >= 15 is 0 Å². The van der Waals surface area contributed by atoms with E-state index in [9.17, 15) is 0 Å². The van der Waals surface area contributed by atoms with Crippen molar-refractivity contribution in [3.63, 3.8) is 0 Å². The molecular formula is C12H19NOS. The Morgan fingerprint density at radius 2 is 2.40 bits per heavy atom. The second-order valence-corrected chi connectivity index (χ2v) is 5.11. The molecule has 84 valence electrons. The minimum absolute atomic E-state index is 0.417. The molecule has 2 unspecified atom stereocenters. The third kappa shape index (κ3) is 3.03. The molecular weight excluding hydrogens is 206 g/mol. The maximum atomic E-state index is 5.53. The molecule has 0 saturated carbocycles. The van der Waals surface area contributed by atoms with E-state index in [0.29, 0.717) is 12.1 Å². The first-order chi connectivity index (χ1) is 7.25. The van der Waals surface area contributed by atoms with Crippen molar-refractivity contribution in [1.82, 2.24) is 5.32 Å². The smallest absolute Gasteiger partial charge is 0.0561 e. The first-order valence-corrected chi connectivity index (χ1v) is 6.56. The number of nitrogens with one attached hydrogen (secondary N) is 1. The molecule has 2 rings (SSSR count). The highest BCUT2D eigenvalue weighted by Crippen LogP contribution is 2.16. The Morgan fingerprint density at radius 1 is 1.53 bits per heavy atom. The van der Waals surface area contributed by atoms with Crippen LogP contribution in [-0.2, 0) is 11.3 Å². The lowest BCUT2D eigenvalue weighted by Gasteiger charge is -2.28. The molecule has 2 nitrogen and oxygen atoms in total. The maximum absolute atomic E-state index is 5.53. The standard InChI is InChI=1S/C12H19NOS/c1-9-7-15-8-11(9)6-13-12-3-4-14-10(2)5-12/h7-8,10,12-13H,3-6H2,1-2H3. The van der Waals surface area contributed by atoms with Gasteiger partial charge >= 0.3 is 0 Å². The molecule has 1 aliphatic rings. The number of ether oxygens (including phenoxy) is 1. The van der Waals surface area contributed by atoms with Gasteiger partial charge in [-0.15, -0.1) is 0 Å². The van der Waals surface area contributed by atoms with Gasteiger partial charge in [0.1, 0.15) is 0 Å². The molecule has 0 aliphatic carbocycles. The zero-order chi connectivity index (χ0) is 10.7. The summed E-state index contributed by atoms with van der Waals surface area (Å²) in [6, 6.07) is 0.632. The largest absolute Gasteiger partial charge is 0.378 e. The number of thiophene rings is 1. The fourth-order valence-electron chi connectivity index (χ4n) is 2.01. The van der Waals surface area contributed by atoms with Crippen LogP contribution in [0.4, 0.5) is 0 Å². The van der Waals surface area contributed by atoms with E-state index < -0.39 is 0 Å². The number of aryl methyl sites for hydroxylation is 1. The van der Waals surface area contributed by atoms with Gasteiger partial charge in [-0.2, -0.15) is 11.3 Å². The summed E-state index contributed by atoms with van der Waals surface area (Å²) in [6.07, 6.45) is 2.70. The number of rotatable bonds is 3. The van der Waals surface area contributed by atoms with Crippen molar-refractivity contribution in [3.05, 3.63) is 21.9 Å². The molecule has 15 heavy (non-hydrogen) atoms. The van der Waals surface area contributed by atoms with Gasteiger partial charge < -0.3 is 10.1 Å². The molecule has 2 heterocycles. The van der Waals surface area contributed by atoms with Crippen LogP contribution >= 0.6 is 11.3 Å². The first kappa shape index (κ1) is 11.1. The quantitative estimate of drug-likeness (QED) is 0.854. The van der Waals surface area contributed by atoms with E-state index in [2.05, 4.69) is 29.9 Å². The third-order valence-corrected chi connectivity index (χ3v) is 3.94. The average Bonchev–Trinajstić information content (AvgIpc) is 2.61. The van der Waals surface area contributed by atoms with E-state index in [4.69, 9.17) is 4.74 Å². The lowest BCUT2D eigenvalue weighted by Crippen LogP contribution is -2.37. The van der Waals surface area contributed by atoms with Gasteiger partial charge in [-0.1, -0.05) is 0 Å². The summed E-state index contributed by atoms with van der Waals surface area (Å²) in [7, 11) is 0. The summed E-state index contributed by atoms with van der Waals surface area (Å²) in [4.78, 5) is 0. The molecule has 0 radical (unpaired) electrons. The Balaban J connectivity index is 1.80. The van der Waals surface area contributed by atoms with E-state index in [-0.39, 0.29) is 0 Å². The highest BCUT2D eigenvalue weighted by atomic mass is 32.1. The van der Waals surface area contributed by atoms with Gasteiger partial charge in [0.15, 0.2) is 0 Å². The fraction of sp³-hybridized carbons (Fsp3) is 0.667. The van der Waals surface area contributed by atoms with E-state index in [0.717, 1.165) is 26.0 Å². The van der Waals surface area contributed by atoms with Crippen molar-refractivity contribution in [2.45, 2.75) is 45.4 Å². The Bertz CT molecular complexity index is 310. The van der Waals surface area contributed by atoms with Crippen molar-refractivity contribution in [1.29, 1.82) is 0 Å². The van der Waals surface area contributed by atoms with Crippen molar-refractivity contribution in [2.24, 2.45) is 0 Å². The Labute approximate surface area is 95.6 Å². The second-order valence-electron chi connectivity index (χ2n) is 4.36. The number of hydrogen-bond donors (Lipinski definition) is 1. The van der Waals surface area contributed by atoms with Crippen molar-refractivity contribution >= 4 is 11.3 Å². The van der Waals surface area contributed by atoms with Crippen molar-refractivity contribution in [3.8, 4) is 0 Å². The molecule has 0 aromatic carbocycles. The second kappa shape index (κ2) is 5.10. The highest BCUT2D eigenvalue weighted by Gasteiger charge is 2.18. The van der Waals surface area contributed by atoms with Crippen LogP contribution in [0, 0.1) is 6.92 Å². The van der Waals surface area contributed by atoms with Gasteiger partial charge in [0.05, 0.1) is 6.10 Å². The Hall–Kier alpha value is -0.380. The van der Waals surface area contributed by atoms with Gasteiger partial charge in [-0.05, 0) is 48.6 Å². The van der Waals surface area contributed by atoms with Gasteiger partial charge in [0.2, 0.25) is 0 Å². The molecule has 1 aromatic rings. The predicted molar refractivity (Wildman–Crippen MR) is 64.3 cm³/mol. The van der Waals surface area contributed by atoms with Crippen LogP contribution in [-0.4, -0.2) is 18.8 Å². The summed E-state index contributed by atoms with van der Waals surface area (Å²) in [6.45, 7) is 6.25. The van der Waals surface area contributed by atoms with Crippen LogP contribution in [0.3, 0.4) is 0 Å². The van der Waals surface area contributed by atoms with E-state index in [1.54, 1.807) is 11.3 Å². The molecule has 1 saturated heterocycles. The van der Waals surface area contributed by atoms with Crippen LogP contribution in [0.5, 0.6) is 0 Å². The topological polar surface area (TPSA) is 21.3 Å². The zero-order valence-electron chi connectivity index (χ0n) is 9.45. The van der Waals surface area contributed by atoms with Gasteiger partial charge in [0.25, 0.3) is 0 Å². The molecule has 0 spiro atoms. The monoisotopic (exact) mass is 225 g/mol. The number of hydrogen-bond acceptors (Lipinski definition) is 3. The normalized spacial score (nSPS) is 26.8. The zero-order valence-corrected chi connectivity index (χ0v) is 10.3. The minimum atomic E-state index is 0.417. The Morgan fingerprint density at radius 3 is 3.07 bits per heavy atom. The van der Waals surface area contributed by atoms with Gasteiger partial charge in [-0.3, -0.25) is 0 Å². The SMILES string of the molecule is Cc1cscc1CNC1CCOC(C)C1. The summed E-state index contributed by atoms with van der Waals surface area (Å²) >= 11 is 1.79. The molecule has 3 heteroatoms. The molecule has 1 aliphatic heterocycles. The highest BCUT2D eigenvalue weighted by molar-refractivity contribution is 7.08. The molecule has 1 aromatic heterocycles. The lowest BCUT2D eigenvalue weighted by atomic mass is 10.0. The van der Waals surface area contributed by atoms with E-state index in [1.165, 1.54) is 11.1 Å². The van der Waals surface area contributed by atoms with Crippen LogP contribution < -0.4 is 5.32 Å². The van der Waals surface area contributed by atoms with E-state index in [1.807, 2.05) is 0 Å². The molecule has 1 fully saturated rings. The molecule has 0 bridgehead atoms. The van der Waals surface area contributed by atoms with Crippen LogP contribution in [0.2, 0.25) is 0 Å². The maximum Gasteiger partial charge on any atom is 0.0561 e. The summed E-state index contributed by atoms with van der Waals surface area (Å²) in [5.74, 6) is 0. The summed E-state index contributed by atoms with van der Waals surface area (Å²) in [5.41, 5.74) is 2.85. The lowest BCUT2D eigenvalue weighted by molar-refractivity contribution is 0.0130. The Kier molecular flexibility index (Phi) is 3.78. The van der Waals surface area contributed by atoms with Crippen LogP contribution in [0.25, 0.3) is 0 Å². The summed E-state index contributed by atoms with van der Waals surface area (Å²) < 4.78 is 5.53. The predicted octanol–water partition coefficient (Wildman–Crippen LogP) is 2.71. The van der Waals surface area contributed by atoms with Crippen LogP contribution in [0.1, 0.15) is 30.9 Å².